The van der Waals surface area contributed by atoms with E-state index in [1.807, 2.05) is 17.0 Å². The molecule has 2 N–H and O–H groups in total. The van der Waals surface area contributed by atoms with Crippen LogP contribution in [0.3, 0.4) is 0 Å². The maximum absolute atomic E-state index is 12.6. The van der Waals surface area contributed by atoms with Crippen molar-refractivity contribution < 1.29 is 4.79 Å². The number of carbonyl (C=O) groups is 1. The highest BCUT2D eigenvalue weighted by atomic mass is 16.2. The molecule has 7 nitrogen and oxygen atoms in total. The van der Waals surface area contributed by atoms with Gasteiger partial charge in [-0.15, -0.1) is 0 Å². The number of nitrogens with zero attached hydrogens (tertiary/aromatic N) is 5. The number of amides is 1. The van der Waals surface area contributed by atoms with E-state index in [0.717, 1.165) is 58.2 Å². The van der Waals surface area contributed by atoms with Crippen molar-refractivity contribution in [1.82, 2.24) is 19.8 Å². The Hall–Kier alpha value is -2.51. The van der Waals surface area contributed by atoms with E-state index in [0.29, 0.717) is 13.0 Å². The normalized spacial score (nSPS) is 14.5. The van der Waals surface area contributed by atoms with E-state index in [-0.39, 0.29) is 5.91 Å². The number of nitrogens with two attached hydrogens (primary N) is 1. The van der Waals surface area contributed by atoms with Crippen molar-refractivity contribution in [2.24, 2.45) is 5.73 Å². The fraction of sp³-hybridized carbons (Fsp3) is 0.476. The van der Waals surface area contributed by atoms with Gasteiger partial charge in [-0.05, 0) is 18.1 Å². The van der Waals surface area contributed by atoms with Gasteiger partial charge in [-0.3, -0.25) is 4.79 Å². The van der Waals surface area contributed by atoms with Crippen LogP contribution in [-0.4, -0.2) is 78.0 Å². The minimum Gasteiger partial charge on any atom is -0.339 e. The van der Waals surface area contributed by atoms with Gasteiger partial charge in [0.1, 0.15) is 0 Å². The van der Waals surface area contributed by atoms with E-state index < -0.39 is 0 Å². The predicted molar refractivity (Wildman–Crippen MR) is 111 cm³/mol. The molecule has 0 radical (unpaired) electrons. The summed E-state index contributed by atoms with van der Waals surface area (Å²) >= 11 is 0. The van der Waals surface area contributed by atoms with E-state index in [4.69, 9.17) is 5.73 Å². The van der Waals surface area contributed by atoms with Crippen LogP contribution in [0.15, 0.2) is 48.8 Å². The smallest absolute Gasteiger partial charge is 0.225 e. The summed E-state index contributed by atoms with van der Waals surface area (Å²) in [5.74, 6) is 0.958. The van der Waals surface area contributed by atoms with Gasteiger partial charge in [-0.25, -0.2) is 9.97 Å². The van der Waals surface area contributed by atoms with Crippen LogP contribution in [0.5, 0.6) is 0 Å². The van der Waals surface area contributed by atoms with Crippen LogP contribution in [0.1, 0.15) is 12.0 Å². The number of hydrogen-bond acceptors (Lipinski definition) is 6. The fourth-order valence-electron chi connectivity index (χ4n) is 3.47. The molecule has 0 atom stereocenters. The lowest BCUT2D eigenvalue weighted by molar-refractivity contribution is -0.131. The molecule has 28 heavy (non-hydrogen) atoms. The molecule has 0 saturated carbocycles. The number of benzene rings is 1. The topological polar surface area (TPSA) is 78.6 Å². The third kappa shape index (κ3) is 6.00. The predicted octanol–water partition coefficient (Wildman–Crippen LogP) is 1.02. The molecule has 1 saturated heterocycles. The summed E-state index contributed by atoms with van der Waals surface area (Å²) in [7, 11) is 0. The maximum atomic E-state index is 12.6. The summed E-state index contributed by atoms with van der Waals surface area (Å²) in [4.78, 5) is 27.6. The van der Waals surface area contributed by atoms with E-state index in [1.165, 1.54) is 5.56 Å². The highest BCUT2D eigenvalue weighted by Crippen LogP contribution is 2.11. The van der Waals surface area contributed by atoms with E-state index in [2.05, 4.69) is 44.0 Å². The highest BCUT2D eigenvalue weighted by Gasteiger charge is 2.22. The second kappa shape index (κ2) is 10.7. The third-order valence-corrected chi connectivity index (χ3v) is 5.11. The molecule has 0 aliphatic carbocycles. The molecule has 1 fully saturated rings. The number of piperazine rings is 1. The summed E-state index contributed by atoms with van der Waals surface area (Å²) in [5, 5.41) is 0. The number of carbonyl (C=O) groups excluding carboxylic acids is 1. The largest absolute Gasteiger partial charge is 0.339 e. The summed E-state index contributed by atoms with van der Waals surface area (Å²) in [6.45, 7) is 6.10. The zero-order valence-electron chi connectivity index (χ0n) is 16.4. The molecular weight excluding hydrogens is 352 g/mol. The van der Waals surface area contributed by atoms with Crippen LogP contribution in [0, 0.1) is 0 Å². The third-order valence-electron chi connectivity index (χ3n) is 5.11. The second-order valence-electron chi connectivity index (χ2n) is 7.03. The van der Waals surface area contributed by atoms with Crippen LogP contribution in [0.2, 0.25) is 0 Å². The Bertz CT molecular complexity index is 703. The number of anilines is 1. The molecule has 2 heterocycles. The Morgan fingerprint density at radius 1 is 0.964 bits per heavy atom. The zero-order chi connectivity index (χ0) is 19.6. The Morgan fingerprint density at radius 3 is 2.36 bits per heavy atom. The molecule has 1 aromatic carbocycles. The van der Waals surface area contributed by atoms with Crippen molar-refractivity contribution in [3.63, 3.8) is 0 Å². The molecule has 1 aliphatic rings. The SMILES string of the molecule is NCCN(CCC(=O)N1CCN(c2ncccn2)CC1)CCc1ccccc1. The summed E-state index contributed by atoms with van der Waals surface area (Å²) in [6, 6.07) is 12.2. The molecule has 0 unspecified atom stereocenters. The first-order chi connectivity index (χ1) is 13.8. The minimum absolute atomic E-state index is 0.218. The Morgan fingerprint density at radius 2 is 1.68 bits per heavy atom. The Kier molecular flexibility index (Phi) is 7.75. The van der Waals surface area contributed by atoms with Gasteiger partial charge in [0.25, 0.3) is 0 Å². The van der Waals surface area contributed by atoms with Crippen molar-refractivity contribution in [3.05, 3.63) is 54.4 Å². The quantitative estimate of drug-likeness (QED) is 0.698. The van der Waals surface area contributed by atoms with E-state index >= 15 is 0 Å². The molecule has 0 bridgehead atoms. The van der Waals surface area contributed by atoms with Gasteiger partial charge in [-0.1, -0.05) is 30.3 Å². The highest BCUT2D eigenvalue weighted by molar-refractivity contribution is 5.76. The first-order valence-electron chi connectivity index (χ1n) is 10.0. The van der Waals surface area contributed by atoms with Crippen molar-refractivity contribution in [3.8, 4) is 0 Å². The van der Waals surface area contributed by atoms with Crippen LogP contribution < -0.4 is 10.6 Å². The number of rotatable bonds is 9. The molecular formula is C21H30N6O. The lowest BCUT2D eigenvalue weighted by Crippen LogP contribution is -2.49. The van der Waals surface area contributed by atoms with E-state index in [9.17, 15) is 4.79 Å². The van der Waals surface area contributed by atoms with Gasteiger partial charge in [0.15, 0.2) is 0 Å². The average Bonchev–Trinajstić information content (AvgIpc) is 2.77. The van der Waals surface area contributed by atoms with Crippen molar-refractivity contribution >= 4 is 11.9 Å². The van der Waals surface area contributed by atoms with E-state index in [1.54, 1.807) is 12.4 Å². The van der Waals surface area contributed by atoms with Gasteiger partial charge in [0, 0.05) is 71.2 Å². The molecule has 0 spiro atoms. The molecule has 3 rings (SSSR count). The lowest BCUT2D eigenvalue weighted by atomic mass is 10.1. The molecule has 1 aromatic heterocycles. The first-order valence-corrected chi connectivity index (χ1v) is 10.0. The molecule has 2 aromatic rings. The monoisotopic (exact) mass is 382 g/mol. The van der Waals surface area contributed by atoms with Gasteiger partial charge in [-0.2, -0.15) is 0 Å². The molecule has 150 valence electrons. The summed E-state index contributed by atoms with van der Waals surface area (Å²) < 4.78 is 0. The van der Waals surface area contributed by atoms with Gasteiger partial charge in [0.2, 0.25) is 11.9 Å². The van der Waals surface area contributed by atoms with Gasteiger partial charge < -0.3 is 20.4 Å². The summed E-state index contributed by atoms with van der Waals surface area (Å²) in [6.07, 6.45) is 5.02. The fourth-order valence-corrected chi connectivity index (χ4v) is 3.47. The molecule has 1 aliphatic heterocycles. The van der Waals surface area contributed by atoms with Crippen molar-refractivity contribution in [2.45, 2.75) is 12.8 Å². The molecule has 7 heteroatoms. The van der Waals surface area contributed by atoms with Crippen molar-refractivity contribution in [2.75, 3.05) is 57.3 Å². The Labute approximate surface area is 167 Å². The standard InChI is InChI=1S/C21H30N6O/c22-9-14-25(12-7-19-5-2-1-3-6-19)13-8-20(28)26-15-17-27(18-16-26)21-23-10-4-11-24-21/h1-6,10-11H,7-9,12-18,22H2. The van der Waals surface area contributed by atoms with Crippen LogP contribution >= 0.6 is 0 Å². The maximum Gasteiger partial charge on any atom is 0.225 e. The number of aromatic nitrogens is 2. The average molecular weight is 383 g/mol. The van der Waals surface area contributed by atoms with Crippen molar-refractivity contribution in [1.29, 1.82) is 0 Å². The second-order valence-corrected chi connectivity index (χ2v) is 7.03. The molecule has 1 amide bonds. The number of hydrogen-bond donors (Lipinski definition) is 1. The summed E-state index contributed by atoms with van der Waals surface area (Å²) in [5.41, 5.74) is 7.08. The van der Waals surface area contributed by atoms with Crippen LogP contribution in [0.25, 0.3) is 0 Å². The first kappa shape index (κ1) is 20.2. The van der Waals surface area contributed by atoms with Gasteiger partial charge >= 0.3 is 0 Å². The zero-order valence-corrected chi connectivity index (χ0v) is 16.4. The minimum atomic E-state index is 0.218. The van der Waals surface area contributed by atoms with Crippen LogP contribution in [0.4, 0.5) is 5.95 Å². The van der Waals surface area contributed by atoms with Crippen LogP contribution in [-0.2, 0) is 11.2 Å². The van der Waals surface area contributed by atoms with Gasteiger partial charge in [0.05, 0.1) is 0 Å². The lowest BCUT2D eigenvalue weighted by Gasteiger charge is -2.35. The Balaban J connectivity index is 1.42.